The molecule has 1 aromatic carbocycles. The summed E-state index contributed by atoms with van der Waals surface area (Å²) in [5.74, 6) is -0.174. The number of benzene rings is 1. The number of phenolic OH excluding ortho intramolecular Hbond substituents is 1. The SMILES string of the molecule is COC1CCCC(OC(=O)[C@@H](N)Cc2ccc(O)cc2)C1. The van der Waals surface area contributed by atoms with Gasteiger partial charge in [-0.2, -0.15) is 0 Å². The number of hydrogen-bond acceptors (Lipinski definition) is 5. The van der Waals surface area contributed by atoms with Gasteiger partial charge in [0.05, 0.1) is 6.10 Å². The van der Waals surface area contributed by atoms with Crippen LogP contribution in [0.1, 0.15) is 31.2 Å². The van der Waals surface area contributed by atoms with Crippen LogP contribution in [-0.4, -0.2) is 36.4 Å². The molecule has 1 aliphatic rings. The molecule has 1 fully saturated rings. The lowest BCUT2D eigenvalue weighted by molar-refractivity contribution is -0.154. The Labute approximate surface area is 125 Å². The first-order valence-corrected chi connectivity index (χ1v) is 7.35. The van der Waals surface area contributed by atoms with Gasteiger partial charge < -0.3 is 20.3 Å². The van der Waals surface area contributed by atoms with E-state index in [2.05, 4.69) is 0 Å². The van der Waals surface area contributed by atoms with Gasteiger partial charge in [0.1, 0.15) is 17.9 Å². The summed E-state index contributed by atoms with van der Waals surface area (Å²) >= 11 is 0. The first-order valence-electron chi connectivity index (χ1n) is 7.35. The minimum atomic E-state index is -0.683. The van der Waals surface area contributed by atoms with Crippen molar-refractivity contribution in [3.63, 3.8) is 0 Å². The standard InChI is InChI=1S/C16H23NO4/c1-20-13-3-2-4-14(10-13)21-16(19)15(17)9-11-5-7-12(18)8-6-11/h5-8,13-15,18H,2-4,9-10,17H2,1H3/t13?,14?,15-/m0/s1. The Kier molecular flexibility index (Phi) is 5.59. The molecule has 3 atom stereocenters. The summed E-state index contributed by atoms with van der Waals surface area (Å²) in [6.07, 6.45) is 4.12. The number of ether oxygens (including phenoxy) is 2. The predicted octanol–water partition coefficient (Wildman–Crippen LogP) is 1.76. The molecule has 0 heterocycles. The summed E-state index contributed by atoms with van der Waals surface area (Å²) in [7, 11) is 1.69. The first kappa shape index (κ1) is 15.8. The van der Waals surface area contributed by atoms with Crippen LogP contribution in [0.3, 0.4) is 0 Å². The number of carbonyl (C=O) groups excluding carboxylic acids is 1. The molecule has 0 aromatic heterocycles. The van der Waals surface area contributed by atoms with E-state index in [0.717, 1.165) is 31.2 Å². The van der Waals surface area contributed by atoms with Gasteiger partial charge in [0, 0.05) is 13.5 Å². The molecule has 5 heteroatoms. The number of phenols is 1. The lowest BCUT2D eigenvalue weighted by Gasteiger charge is -2.28. The van der Waals surface area contributed by atoms with Crippen molar-refractivity contribution in [1.29, 1.82) is 0 Å². The highest BCUT2D eigenvalue weighted by Gasteiger charge is 2.26. The minimum absolute atomic E-state index is 0.0953. The third-order valence-electron chi connectivity index (χ3n) is 3.89. The first-order chi connectivity index (χ1) is 10.1. The maximum absolute atomic E-state index is 12.0. The Morgan fingerprint density at radius 3 is 2.67 bits per heavy atom. The second-order valence-electron chi connectivity index (χ2n) is 5.56. The molecule has 116 valence electrons. The van der Waals surface area contributed by atoms with Crippen molar-refractivity contribution < 1.29 is 19.4 Å². The monoisotopic (exact) mass is 293 g/mol. The molecule has 3 N–H and O–H groups in total. The van der Waals surface area contributed by atoms with E-state index in [1.54, 1.807) is 31.4 Å². The normalized spacial score (nSPS) is 23.5. The van der Waals surface area contributed by atoms with E-state index >= 15 is 0 Å². The van der Waals surface area contributed by atoms with Gasteiger partial charge in [-0.15, -0.1) is 0 Å². The maximum atomic E-state index is 12.0. The molecule has 2 rings (SSSR count). The van der Waals surface area contributed by atoms with Crippen molar-refractivity contribution in [2.75, 3.05) is 7.11 Å². The van der Waals surface area contributed by atoms with E-state index in [1.165, 1.54) is 0 Å². The Morgan fingerprint density at radius 2 is 2.00 bits per heavy atom. The Balaban J connectivity index is 1.83. The highest BCUT2D eigenvalue weighted by molar-refractivity contribution is 5.76. The van der Waals surface area contributed by atoms with E-state index in [1.807, 2.05) is 0 Å². The molecule has 0 aliphatic heterocycles. The molecule has 1 aromatic rings. The van der Waals surface area contributed by atoms with Gasteiger partial charge in [-0.1, -0.05) is 12.1 Å². The molecule has 5 nitrogen and oxygen atoms in total. The molecule has 0 radical (unpaired) electrons. The smallest absolute Gasteiger partial charge is 0.323 e. The van der Waals surface area contributed by atoms with Crippen molar-refractivity contribution >= 4 is 5.97 Å². The molecular formula is C16H23NO4. The van der Waals surface area contributed by atoms with Crippen LogP contribution < -0.4 is 5.73 Å². The van der Waals surface area contributed by atoms with Crippen LogP contribution >= 0.6 is 0 Å². The van der Waals surface area contributed by atoms with Crippen LogP contribution in [0.25, 0.3) is 0 Å². The molecule has 0 saturated heterocycles. The van der Waals surface area contributed by atoms with Crippen molar-refractivity contribution in [3.8, 4) is 5.75 Å². The molecule has 1 aliphatic carbocycles. The van der Waals surface area contributed by atoms with Gasteiger partial charge in [0.15, 0.2) is 0 Å². The number of hydrogen-bond donors (Lipinski definition) is 2. The average Bonchev–Trinajstić information content (AvgIpc) is 2.49. The minimum Gasteiger partial charge on any atom is -0.508 e. The largest absolute Gasteiger partial charge is 0.508 e. The quantitative estimate of drug-likeness (QED) is 0.808. The van der Waals surface area contributed by atoms with Gasteiger partial charge >= 0.3 is 5.97 Å². The van der Waals surface area contributed by atoms with Crippen molar-refractivity contribution in [3.05, 3.63) is 29.8 Å². The van der Waals surface area contributed by atoms with Crippen molar-refractivity contribution in [2.24, 2.45) is 5.73 Å². The number of esters is 1. The highest BCUT2D eigenvalue weighted by Crippen LogP contribution is 2.23. The number of rotatable bonds is 5. The van der Waals surface area contributed by atoms with Crippen LogP contribution in [0.5, 0.6) is 5.75 Å². The van der Waals surface area contributed by atoms with Gasteiger partial charge in [0.25, 0.3) is 0 Å². The van der Waals surface area contributed by atoms with E-state index < -0.39 is 6.04 Å². The molecule has 1 saturated carbocycles. The summed E-state index contributed by atoms with van der Waals surface area (Å²) in [6.45, 7) is 0. The molecule has 0 bridgehead atoms. The molecular weight excluding hydrogens is 270 g/mol. The van der Waals surface area contributed by atoms with Gasteiger partial charge in [-0.3, -0.25) is 4.79 Å². The molecule has 2 unspecified atom stereocenters. The summed E-state index contributed by atoms with van der Waals surface area (Å²) in [5, 5.41) is 9.23. The summed E-state index contributed by atoms with van der Waals surface area (Å²) in [5.41, 5.74) is 6.80. The van der Waals surface area contributed by atoms with Crippen molar-refractivity contribution in [2.45, 2.75) is 50.4 Å². The third kappa shape index (κ3) is 4.72. The summed E-state index contributed by atoms with van der Waals surface area (Å²) in [4.78, 5) is 12.0. The second kappa shape index (κ2) is 7.43. The fourth-order valence-electron chi connectivity index (χ4n) is 2.64. The molecule has 0 spiro atoms. The van der Waals surface area contributed by atoms with E-state index in [0.29, 0.717) is 6.42 Å². The Bertz CT molecular complexity index is 460. The van der Waals surface area contributed by atoms with Crippen LogP contribution in [-0.2, 0) is 20.7 Å². The third-order valence-corrected chi connectivity index (χ3v) is 3.89. The number of aromatic hydroxyl groups is 1. The van der Waals surface area contributed by atoms with Crippen molar-refractivity contribution in [1.82, 2.24) is 0 Å². The lowest BCUT2D eigenvalue weighted by atomic mass is 9.95. The number of nitrogens with two attached hydrogens (primary N) is 1. The molecule has 21 heavy (non-hydrogen) atoms. The summed E-state index contributed by atoms with van der Waals surface area (Å²) < 4.78 is 10.8. The van der Waals surface area contributed by atoms with E-state index in [9.17, 15) is 9.90 Å². The van der Waals surface area contributed by atoms with Crippen LogP contribution in [0, 0.1) is 0 Å². The second-order valence-corrected chi connectivity index (χ2v) is 5.56. The van der Waals surface area contributed by atoms with Crippen LogP contribution in [0.15, 0.2) is 24.3 Å². The fraction of sp³-hybridized carbons (Fsp3) is 0.562. The molecule has 0 amide bonds. The van der Waals surface area contributed by atoms with Gasteiger partial charge in [0.2, 0.25) is 0 Å². The van der Waals surface area contributed by atoms with E-state index in [4.69, 9.17) is 15.2 Å². The Hall–Kier alpha value is -1.59. The highest BCUT2D eigenvalue weighted by atomic mass is 16.5. The van der Waals surface area contributed by atoms with Crippen LogP contribution in [0.2, 0.25) is 0 Å². The fourth-order valence-corrected chi connectivity index (χ4v) is 2.64. The number of methoxy groups -OCH3 is 1. The maximum Gasteiger partial charge on any atom is 0.323 e. The zero-order valence-electron chi connectivity index (χ0n) is 12.3. The van der Waals surface area contributed by atoms with Gasteiger partial charge in [-0.05, 0) is 43.4 Å². The predicted molar refractivity (Wildman–Crippen MR) is 78.9 cm³/mol. The van der Waals surface area contributed by atoms with Gasteiger partial charge in [-0.25, -0.2) is 0 Å². The zero-order valence-corrected chi connectivity index (χ0v) is 12.3. The zero-order chi connectivity index (χ0) is 15.2. The van der Waals surface area contributed by atoms with Crippen LogP contribution in [0.4, 0.5) is 0 Å². The lowest BCUT2D eigenvalue weighted by Crippen LogP contribution is -2.38. The Morgan fingerprint density at radius 1 is 1.33 bits per heavy atom. The topological polar surface area (TPSA) is 81.8 Å². The van der Waals surface area contributed by atoms with E-state index in [-0.39, 0.29) is 23.9 Å². The number of carbonyl (C=O) groups is 1. The summed E-state index contributed by atoms with van der Waals surface area (Å²) in [6, 6.07) is 5.99. The average molecular weight is 293 g/mol.